The van der Waals surface area contributed by atoms with Crippen LogP contribution in [0.2, 0.25) is 0 Å². The number of nitrogens with one attached hydrogen (secondary N) is 1. The van der Waals surface area contributed by atoms with Gasteiger partial charge < -0.3 is 10.2 Å². The zero-order valence-corrected chi connectivity index (χ0v) is 8.84. The molecule has 2 atom stereocenters. The molecule has 1 fully saturated rings. The van der Waals surface area contributed by atoms with Crippen LogP contribution in [0.4, 0.5) is 0 Å². The van der Waals surface area contributed by atoms with Gasteiger partial charge >= 0.3 is 0 Å². The average molecular weight is 184 g/mol. The van der Waals surface area contributed by atoms with E-state index in [0.29, 0.717) is 18.5 Å². The third-order valence-electron chi connectivity index (χ3n) is 2.63. The molecule has 2 unspecified atom stereocenters. The third kappa shape index (κ3) is 2.69. The van der Waals surface area contributed by atoms with Gasteiger partial charge in [-0.1, -0.05) is 13.8 Å². The molecule has 1 saturated heterocycles. The Morgan fingerprint density at radius 1 is 1.54 bits per heavy atom. The Morgan fingerprint density at radius 2 is 2.23 bits per heavy atom. The molecule has 0 aromatic heterocycles. The summed E-state index contributed by atoms with van der Waals surface area (Å²) in [4.78, 5) is 13.6. The number of amides is 1. The lowest BCUT2D eigenvalue weighted by Gasteiger charge is -2.21. The second kappa shape index (κ2) is 4.61. The summed E-state index contributed by atoms with van der Waals surface area (Å²) in [5, 5.41) is 3.07. The highest BCUT2D eigenvalue weighted by Gasteiger charge is 2.29. The molecule has 1 heterocycles. The lowest BCUT2D eigenvalue weighted by atomic mass is 10.1. The summed E-state index contributed by atoms with van der Waals surface area (Å²) in [6.07, 6.45) is 1.15. The van der Waals surface area contributed by atoms with Crippen LogP contribution in [0.1, 0.15) is 27.2 Å². The lowest BCUT2D eigenvalue weighted by Crippen LogP contribution is -2.40. The molecule has 3 heteroatoms. The number of carbonyl (C=O) groups is 1. The molecule has 0 aliphatic carbocycles. The van der Waals surface area contributed by atoms with E-state index in [-0.39, 0.29) is 5.91 Å². The number of likely N-dealkylation sites (tertiary alicyclic amines) is 1. The van der Waals surface area contributed by atoms with Crippen molar-refractivity contribution in [2.75, 3.05) is 19.6 Å². The standard InChI is InChI=1S/C10H20N2O/c1-4-11-6-10(13)12-7-8(2)5-9(12)3/h8-9,11H,4-7H2,1-3H3. The number of carbonyl (C=O) groups excluding carboxylic acids is 1. The highest BCUT2D eigenvalue weighted by molar-refractivity contribution is 5.78. The van der Waals surface area contributed by atoms with E-state index in [2.05, 4.69) is 19.2 Å². The summed E-state index contributed by atoms with van der Waals surface area (Å²) in [5.74, 6) is 0.916. The molecule has 0 saturated carbocycles. The molecule has 13 heavy (non-hydrogen) atoms. The highest BCUT2D eigenvalue weighted by atomic mass is 16.2. The van der Waals surface area contributed by atoms with Crippen molar-refractivity contribution >= 4 is 5.91 Å². The first-order valence-corrected chi connectivity index (χ1v) is 5.15. The van der Waals surface area contributed by atoms with Gasteiger partial charge in [0.15, 0.2) is 0 Å². The summed E-state index contributed by atoms with van der Waals surface area (Å²) in [6.45, 7) is 8.65. The van der Waals surface area contributed by atoms with E-state index >= 15 is 0 Å². The minimum atomic E-state index is 0.249. The zero-order chi connectivity index (χ0) is 9.84. The van der Waals surface area contributed by atoms with Crippen LogP contribution in [0.25, 0.3) is 0 Å². The molecule has 3 nitrogen and oxygen atoms in total. The van der Waals surface area contributed by atoms with E-state index in [9.17, 15) is 4.79 Å². The summed E-state index contributed by atoms with van der Waals surface area (Å²) >= 11 is 0. The van der Waals surface area contributed by atoms with E-state index in [1.807, 2.05) is 11.8 Å². The fourth-order valence-corrected chi connectivity index (χ4v) is 1.98. The van der Waals surface area contributed by atoms with Gasteiger partial charge in [-0.25, -0.2) is 0 Å². The molecule has 1 aliphatic rings. The normalized spacial score (nSPS) is 28.1. The van der Waals surface area contributed by atoms with Crippen LogP contribution < -0.4 is 5.32 Å². The first-order valence-electron chi connectivity index (χ1n) is 5.15. The van der Waals surface area contributed by atoms with Crippen molar-refractivity contribution in [2.45, 2.75) is 33.2 Å². The van der Waals surface area contributed by atoms with Crippen molar-refractivity contribution in [1.29, 1.82) is 0 Å². The van der Waals surface area contributed by atoms with E-state index in [4.69, 9.17) is 0 Å². The fraction of sp³-hybridized carbons (Fsp3) is 0.900. The zero-order valence-electron chi connectivity index (χ0n) is 8.84. The smallest absolute Gasteiger partial charge is 0.236 e. The second-order valence-corrected chi connectivity index (χ2v) is 4.02. The van der Waals surface area contributed by atoms with Gasteiger partial charge in [0, 0.05) is 12.6 Å². The van der Waals surface area contributed by atoms with Crippen molar-refractivity contribution in [3.8, 4) is 0 Å². The van der Waals surface area contributed by atoms with Gasteiger partial charge in [0.2, 0.25) is 5.91 Å². The van der Waals surface area contributed by atoms with E-state index in [1.165, 1.54) is 0 Å². The third-order valence-corrected chi connectivity index (χ3v) is 2.63. The molecule has 0 aromatic carbocycles. The number of hydrogen-bond acceptors (Lipinski definition) is 2. The summed E-state index contributed by atoms with van der Waals surface area (Å²) in [6, 6.07) is 0.432. The largest absolute Gasteiger partial charge is 0.339 e. The molecule has 1 rings (SSSR count). The van der Waals surface area contributed by atoms with E-state index in [0.717, 1.165) is 19.5 Å². The Labute approximate surface area is 80.5 Å². The van der Waals surface area contributed by atoms with Crippen LogP contribution in [0, 0.1) is 5.92 Å². The molecule has 1 N–H and O–H groups in total. The molecule has 76 valence electrons. The first-order chi connectivity index (χ1) is 6.15. The highest BCUT2D eigenvalue weighted by Crippen LogP contribution is 2.21. The van der Waals surface area contributed by atoms with Crippen LogP contribution in [-0.4, -0.2) is 36.5 Å². The summed E-state index contributed by atoms with van der Waals surface area (Å²) in [7, 11) is 0. The number of likely N-dealkylation sites (N-methyl/N-ethyl adjacent to an activating group) is 1. The number of nitrogens with zero attached hydrogens (tertiary/aromatic N) is 1. The van der Waals surface area contributed by atoms with Gasteiger partial charge in [0.25, 0.3) is 0 Å². The van der Waals surface area contributed by atoms with Gasteiger partial charge in [-0.15, -0.1) is 0 Å². The van der Waals surface area contributed by atoms with Crippen molar-refractivity contribution in [3.63, 3.8) is 0 Å². The second-order valence-electron chi connectivity index (χ2n) is 4.02. The molecule has 0 bridgehead atoms. The molecular weight excluding hydrogens is 164 g/mol. The van der Waals surface area contributed by atoms with Crippen LogP contribution in [-0.2, 0) is 4.79 Å². The van der Waals surface area contributed by atoms with Gasteiger partial charge in [-0.05, 0) is 25.8 Å². The number of rotatable bonds is 3. The van der Waals surface area contributed by atoms with Crippen LogP contribution in [0.3, 0.4) is 0 Å². The van der Waals surface area contributed by atoms with Gasteiger partial charge in [0.05, 0.1) is 6.54 Å². The minimum absolute atomic E-state index is 0.249. The topological polar surface area (TPSA) is 32.3 Å². The Balaban J connectivity index is 2.38. The SMILES string of the molecule is CCNCC(=O)N1CC(C)CC1C. The maximum atomic E-state index is 11.6. The maximum absolute atomic E-state index is 11.6. The van der Waals surface area contributed by atoms with Crippen molar-refractivity contribution in [1.82, 2.24) is 10.2 Å². The predicted molar refractivity (Wildman–Crippen MR) is 53.5 cm³/mol. The summed E-state index contributed by atoms with van der Waals surface area (Å²) < 4.78 is 0. The maximum Gasteiger partial charge on any atom is 0.236 e. The Hall–Kier alpha value is -0.570. The predicted octanol–water partition coefficient (Wildman–Crippen LogP) is 0.853. The summed E-state index contributed by atoms with van der Waals surface area (Å²) in [5.41, 5.74) is 0. The number of hydrogen-bond donors (Lipinski definition) is 1. The van der Waals surface area contributed by atoms with Gasteiger partial charge in [-0.3, -0.25) is 4.79 Å². The molecule has 0 radical (unpaired) electrons. The van der Waals surface area contributed by atoms with Crippen LogP contribution in [0.15, 0.2) is 0 Å². The molecule has 1 aliphatic heterocycles. The van der Waals surface area contributed by atoms with Crippen molar-refractivity contribution in [3.05, 3.63) is 0 Å². The Morgan fingerprint density at radius 3 is 2.69 bits per heavy atom. The molecule has 0 aromatic rings. The van der Waals surface area contributed by atoms with Crippen LogP contribution >= 0.6 is 0 Å². The molecule has 1 amide bonds. The van der Waals surface area contributed by atoms with Gasteiger partial charge in [0.1, 0.15) is 0 Å². The quantitative estimate of drug-likeness (QED) is 0.705. The Kier molecular flexibility index (Phi) is 3.72. The molecule has 0 spiro atoms. The lowest BCUT2D eigenvalue weighted by molar-refractivity contribution is -0.130. The van der Waals surface area contributed by atoms with Crippen molar-refractivity contribution < 1.29 is 4.79 Å². The monoisotopic (exact) mass is 184 g/mol. The molecular formula is C10H20N2O. The van der Waals surface area contributed by atoms with Crippen molar-refractivity contribution in [2.24, 2.45) is 5.92 Å². The van der Waals surface area contributed by atoms with Crippen LogP contribution in [0.5, 0.6) is 0 Å². The van der Waals surface area contributed by atoms with E-state index < -0.39 is 0 Å². The fourth-order valence-electron chi connectivity index (χ4n) is 1.98. The first kappa shape index (κ1) is 10.5. The Bertz CT molecular complexity index is 182. The van der Waals surface area contributed by atoms with Gasteiger partial charge in [-0.2, -0.15) is 0 Å². The average Bonchev–Trinajstić information content (AvgIpc) is 2.41. The van der Waals surface area contributed by atoms with E-state index in [1.54, 1.807) is 0 Å². The minimum Gasteiger partial charge on any atom is -0.339 e.